The van der Waals surface area contributed by atoms with Crippen molar-refractivity contribution in [3.05, 3.63) is 98.8 Å². The van der Waals surface area contributed by atoms with E-state index in [9.17, 15) is 4.39 Å². The van der Waals surface area contributed by atoms with Crippen LogP contribution in [0.25, 0.3) is 27.1 Å². The van der Waals surface area contributed by atoms with Crippen molar-refractivity contribution >= 4 is 67.6 Å². The molecule has 2 nitrogen and oxygen atoms in total. The lowest BCUT2D eigenvalue weighted by atomic mass is 9.77. The van der Waals surface area contributed by atoms with Crippen molar-refractivity contribution in [2.24, 2.45) is 13.0 Å². The van der Waals surface area contributed by atoms with Crippen LogP contribution in [0.4, 0.5) is 10.1 Å². The molecule has 1 aromatic heterocycles. The van der Waals surface area contributed by atoms with Gasteiger partial charge in [-0.05, 0) is 103 Å². The van der Waals surface area contributed by atoms with Crippen LogP contribution in [0.1, 0.15) is 42.7 Å². The molecule has 0 radical (unpaired) electrons. The molecule has 0 bridgehead atoms. The predicted molar refractivity (Wildman–Crippen MR) is 174 cm³/mol. The van der Waals surface area contributed by atoms with Gasteiger partial charge in [0.1, 0.15) is 17.6 Å². The third kappa shape index (κ3) is 4.41. The zero-order valence-electron chi connectivity index (χ0n) is 23.4. The highest BCUT2D eigenvalue weighted by atomic mass is 32.2. The quantitative estimate of drug-likeness (QED) is 0.172. The summed E-state index contributed by atoms with van der Waals surface area (Å²) in [7, 11) is 2.22. The van der Waals surface area contributed by atoms with Gasteiger partial charge in [0.25, 0.3) is 5.01 Å². The lowest BCUT2D eigenvalue weighted by molar-refractivity contribution is -0.641. The van der Waals surface area contributed by atoms with Gasteiger partial charge in [0.15, 0.2) is 0 Å². The standard InChI is InChI=1S/C35H32FN2S3/c1-37-32(40-31-20-29(39-2)27-7-3-4-8-28(27)35(31)37)16-21-9-11-23-12-10-22(15-25(23)14-21)17-33-38-13-5-6-24-18-26(36)19-30(41-33)34(24)38/h3-4,7-8,14-20,23H,5-6,9-13H2,1-2H3/q+1. The molecule has 6 heteroatoms. The van der Waals surface area contributed by atoms with E-state index in [0.717, 1.165) is 42.7 Å². The van der Waals surface area contributed by atoms with Gasteiger partial charge < -0.3 is 4.90 Å². The Labute approximate surface area is 253 Å². The zero-order valence-corrected chi connectivity index (χ0v) is 25.8. The Hall–Kier alpha value is -2.80. The number of thioether (sulfide) groups is 2. The first kappa shape index (κ1) is 25.9. The number of anilines is 1. The summed E-state index contributed by atoms with van der Waals surface area (Å²) in [6.45, 7) is 1.02. The summed E-state index contributed by atoms with van der Waals surface area (Å²) in [5.41, 5.74) is 8.05. The first-order valence-electron chi connectivity index (χ1n) is 14.6. The number of aryl methyl sites for hydroxylation is 2. The average molecular weight is 596 g/mol. The Morgan fingerprint density at radius 3 is 2.76 bits per heavy atom. The summed E-state index contributed by atoms with van der Waals surface area (Å²) in [5.74, 6) is 0.549. The first-order chi connectivity index (χ1) is 20.1. The van der Waals surface area contributed by atoms with Gasteiger partial charge in [0.2, 0.25) is 5.52 Å². The van der Waals surface area contributed by atoms with E-state index in [-0.39, 0.29) is 5.82 Å². The fourth-order valence-corrected chi connectivity index (χ4v) is 10.2. The van der Waals surface area contributed by atoms with Crippen LogP contribution in [0.2, 0.25) is 0 Å². The van der Waals surface area contributed by atoms with Crippen molar-refractivity contribution < 1.29 is 8.96 Å². The van der Waals surface area contributed by atoms with Gasteiger partial charge >= 0.3 is 0 Å². The van der Waals surface area contributed by atoms with Gasteiger partial charge in [-0.3, -0.25) is 0 Å². The van der Waals surface area contributed by atoms with E-state index in [2.05, 4.69) is 77.4 Å². The maximum absolute atomic E-state index is 14.2. The molecule has 2 aliphatic carbocycles. The van der Waals surface area contributed by atoms with Crippen LogP contribution >= 0.6 is 34.9 Å². The molecule has 41 heavy (non-hydrogen) atoms. The van der Waals surface area contributed by atoms with Gasteiger partial charge in [-0.15, -0.1) is 11.8 Å². The molecule has 1 atom stereocenters. The number of rotatable bonds is 3. The molecular weight excluding hydrogens is 564 g/mol. The molecule has 0 amide bonds. The van der Waals surface area contributed by atoms with Gasteiger partial charge in [0.05, 0.1) is 16.1 Å². The molecule has 0 saturated carbocycles. The molecule has 3 heterocycles. The number of allylic oxidation sites excluding steroid dienone is 6. The van der Waals surface area contributed by atoms with E-state index in [4.69, 9.17) is 0 Å². The Bertz CT molecular complexity index is 1880. The summed E-state index contributed by atoms with van der Waals surface area (Å²) in [5, 5.41) is 5.25. The average Bonchev–Trinajstić information content (AvgIpc) is 3.49. The highest BCUT2D eigenvalue weighted by Gasteiger charge is 2.32. The molecule has 0 fully saturated rings. The SMILES string of the molecule is CSc1cc2sc(/C=C3/C=C4C=C(/C=C5\Sc6cc(F)cc7c6N5CCC7)CCC4CC3)[n+](C)c2c2ccccc12. The van der Waals surface area contributed by atoms with E-state index in [1.807, 2.05) is 23.1 Å². The van der Waals surface area contributed by atoms with Crippen LogP contribution in [0.5, 0.6) is 0 Å². The van der Waals surface area contributed by atoms with E-state index < -0.39 is 0 Å². The molecule has 4 aliphatic rings. The number of hydrogen-bond acceptors (Lipinski definition) is 4. The van der Waals surface area contributed by atoms with Crippen LogP contribution in [-0.4, -0.2) is 12.8 Å². The van der Waals surface area contributed by atoms with Gasteiger partial charge in [-0.25, -0.2) is 4.39 Å². The fraction of sp³-hybridized carbons (Fsp3) is 0.286. The number of benzene rings is 3. The monoisotopic (exact) mass is 595 g/mol. The zero-order chi connectivity index (χ0) is 27.7. The van der Waals surface area contributed by atoms with Crippen molar-refractivity contribution in [3.8, 4) is 0 Å². The van der Waals surface area contributed by atoms with Crippen LogP contribution in [-0.2, 0) is 13.5 Å². The summed E-state index contributed by atoms with van der Waals surface area (Å²) >= 11 is 5.47. The Morgan fingerprint density at radius 2 is 1.88 bits per heavy atom. The second kappa shape index (κ2) is 10.2. The van der Waals surface area contributed by atoms with Crippen molar-refractivity contribution in [1.29, 1.82) is 0 Å². The van der Waals surface area contributed by atoms with E-state index in [1.54, 1.807) is 23.9 Å². The lowest BCUT2D eigenvalue weighted by Crippen LogP contribution is -2.29. The minimum Gasteiger partial charge on any atom is -0.335 e. The minimum atomic E-state index is -0.106. The third-order valence-corrected chi connectivity index (χ3v) is 12.1. The van der Waals surface area contributed by atoms with Gasteiger partial charge in [-0.2, -0.15) is 4.57 Å². The number of nitrogens with zero attached hydrogens (tertiary/aromatic N) is 2. The Balaban J connectivity index is 1.14. The molecule has 0 N–H and O–H groups in total. The number of halogens is 1. The largest absolute Gasteiger partial charge is 0.335 e. The first-order valence-corrected chi connectivity index (χ1v) is 17.4. The summed E-state index contributed by atoms with van der Waals surface area (Å²) < 4.78 is 18.0. The van der Waals surface area contributed by atoms with Crippen LogP contribution in [0.15, 0.2) is 92.2 Å². The summed E-state index contributed by atoms with van der Waals surface area (Å²) in [6, 6.07) is 14.6. The molecule has 0 saturated heterocycles. The van der Waals surface area contributed by atoms with Crippen molar-refractivity contribution in [2.45, 2.75) is 48.3 Å². The third-order valence-electron chi connectivity index (χ3n) is 9.10. The second-order valence-corrected chi connectivity index (χ2v) is 14.6. The Morgan fingerprint density at radius 1 is 1.02 bits per heavy atom. The molecule has 0 spiro atoms. The molecule has 206 valence electrons. The van der Waals surface area contributed by atoms with Crippen LogP contribution < -0.4 is 9.47 Å². The number of aromatic nitrogens is 1. The lowest BCUT2D eigenvalue weighted by Gasteiger charge is -2.30. The summed E-state index contributed by atoms with van der Waals surface area (Å²) in [6.07, 6.45) is 18.6. The molecule has 4 aromatic rings. The molecule has 8 rings (SSSR count). The summed E-state index contributed by atoms with van der Waals surface area (Å²) in [4.78, 5) is 4.86. The fourth-order valence-electron chi connectivity index (χ4n) is 7.10. The number of hydrogen-bond donors (Lipinski definition) is 0. The van der Waals surface area contributed by atoms with Crippen LogP contribution in [0, 0.1) is 11.7 Å². The van der Waals surface area contributed by atoms with Crippen molar-refractivity contribution in [2.75, 3.05) is 17.7 Å². The highest BCUT2D eigenvalue weighted by Crippen LogP contribution is 2.51. The van der Waals surface area contributed by atoms with E-state index >= 15 is 0 Å². The van der Waals surface area contributed by atoms with E-state index in [0.29, 0.717) is 5.92 Å². The second-order valence-electron chi connectivity index (χ2n) is 11.6. The van der Waals surface area contributed by atoms with Crippen LogP contribution in [0.3, 0.4) is 0 Å². The smallest absolute Gasteiger partial charge is 0.262 e. The molecular formula is C35H32FN2S3+. The maximum atomic E-state index is 14.2. The molecule has 3 aromatic carbocycles. The number of thiazole rings is 1. The topological polar surface area (TPSA) is 7.12 Å². The molecule has 2 aliphatic heterocycles. The van der Waals surface area contributed by atoms with Gasteiger partial charge in [-0.1, -0.05) is 53.4 Å². The number of fused-ring (bicyclic) bond motifs is 4. The highest BCUT2D eigenvalue weighted by molar-refractivity contribution is 8.03. The van der Waals surface area contributed by atoms with E-state index in [1.165, 1.54) is 71.2 Å². The minimum absolute atomic E-state index is 0.106. The molecule has 1 unspecified atom stereocenters. The van der Waals surface area contributed by atoms with Gasteiger partial charge in [0, 0.05) is 27.8 Å². The predicted octanol–water partition coefficient (Wildman–Crippen LogP) is 9.58. The van der Waals surface area contributed by atoms with Crippen molar-refractivity contribution in [1.82, 2.24) is 0 Å². The normalized spacial score (nSPS) is 21.9. The maximum Gasteiger partial charge on any atom is 0.262 e. The van der Waals surface area contributed by atoms with Crippen molar-refractivity contribution in [3.63, 3.8) is 0 Å². The Kier molecular flexibility index (Phi) is 6.42.